The van der Waals surface area contributed by atoms with Crippen LogP contribution < -0.4 is 10.9 Å². The average Bonchev–Trinajstić information content (AvgIpc) is 3.35. The largest absolute Gasteiger partial charge is 0.419 e. The van der Waals surface area contributed by atoms with Crippen LogP contribution in [0, 0.1) is 28.7 Å². The fraction of sp³-hybridized carbons (Fsp3) is 0.343. The summed E-state index contributed by atoms with van der Waals surface area (Å²) in [6.45, 7) is 7.37. The number of halogens is 3. The van der Waals surface area contributed by atoms with Crippen LogP contribution in [-0.2, 0) is 23.4 Å². The number of anilines is 1. The maximum atomic E-state index is 14.4. The first-order chi connectivity index (χ1) is 22.8. The van der Waals surface area contributed by atoms with E-state index in [0.717, 1.165) is 18.9 Å². The fourth-order valence-corrected chi connectivity index (χ4v) is 5.81. The summed E-state index contributed by atoms with van der Waals surface area (Å²) < 4.78 is 46.5. The zero-order valence-corrected chi connectivity index (χ0v) is 27.2. The number of aromatic nitrogens is 5. The summed E-state index contributed by atoms with van der Waals surface area (Å²) in [4.78, 5) is 30.2. The number of alkyl halides is 3. The van der Waals surface area contributed by atoms with Gasteiger partial charge in [0.2, 0.25) is 17.7 Å². The number of carbonyl (C=O) groups is 1. The Hall–Kier alpha value is -5.56. The Kier molecular flexibility index (Phi) is 9.35. The summed E-state index contributed by atoms with van der Waals surface area (Å²) in [5, 5.41) is 22.1. The SMILES string of the molecule is CCCC(CCC)C(=O)Nc1ncc(-c2ccc3ncc4c(c3c2)n(-c2ccc(C(C)(C)C#N)nc2)c(=NC#N)n4C)cc1C(F)(F)F. The van der Waals surface area contributed by atoms with Gasteiger partial charge < -0.3 is 9.88 Å². The number of nitriles is 2. The molecule has 0 aliphatic heterocycles. The Labute approximate surface area is 275 Å². The molecule has 0 aliphatic carbocycles. The molecule has 246 valence electrons. The standard InChI is InChI=1S/C35H34F3N9O/c1-6-8-21(9-7-2)32(48)45-31-26(35(36,37)38)15-23(16-43-31)22-10-12-27-25(14-22)30-28(18-41-27)46(5)33(44-20-40)47(30)24-11-13-29(42-17-24)34(3,4)19-39/h10-18,21H,6-9H2,1-5H3,(H,43,45,48). The molecule has 1 aromatic carbocycles. The Bertz CT molecular complexity index is 2160. The van der Waals surface area contributed by atoms with Crippen LogP contribution in [0.2, 0.25) is 0 Å². The van der Waals surface area contributed by atoms with Gasteiger partial charge in [-0.25, -0.2) is 4.98 Å². The van der Waals surface area contributed by atoms with Crippen LogP contribution in [0.15, 0.2) is 60.0 Å². The molecule has 10 nitrogen and oxygen atoms in total. The molecule has 4 heterocycles. The zero-order chi connectivity index (χ0) is 34.8. The predicted octanol–water partition coefficient (Wildman–Crippen LogP) is 7.33. The van der Waals surface area contributed by atoms with Crippen LogP contribution in [0.25, 0.3) is 38.8 Å². The predicted molar refractivity (Wildman–Crippen MR) is 175 cm³/mol. The minimum absolute atomic E-state index is 0.187. The molecule has 5 aromatic rings. The molecule has 0 spiro atoms. The molecule has 0 unspecified atom stereocenters. The van der Waals surface area contributed by atoms with Crippen LogP contribution in [0.4, 0.5) is 19.0 Å². The Morgan fingerprint density at radius 3 is 2.31 bits per heavy atom. The van der Waals surface area contributed by atoms with Crippen molar-refractivity contribution in [3.8, 4) is 29.1 Å². The number of nitrogens with one attached hydrogen (secondary N) is 1. The fourth-order valence-electron chi connectivity index (χ4n) is 5.81. The van der Waals surface area contributed by atoms with E-state index in [4.69, 9.17) is 0 Å². The first-order valence-electron chi connectivity index (χ1n) is 15.5. The van der Waals surface area contributed by atoms with E-state index >= 15 is 0 Å². The normalized spacial score (nSPS) is 12.4. The average molecular weight is 654 g/mol. The van der Waals surface area contributed by atoms with Crippen LogP contribution in [-0.4, -0.2) is 30.0 Å². The number of amides is 1. The molecule has 48 heavy (non-hydrogen) atoms. The summed E-state index contributed by atoms with van der Waals surface area (Å²) in [6, 6.07) is 11.8. The minimum Gasteiger partial charge on any atom is -0.311 e. The van der Waals surface area contributed by atoms with Gasteiger partial charge in [0.1, 0.15) is 5.82 Å². The van der Waals surface area contributed by atoms with Crippen molar-refractivity contribution in [3.05, 3.63) is 71.9 Å². The lowest BCUT2D eigenvalue weighted by Crippen LogP contribution is -2.25. The van der Waals surface area contributed by atoms with Crippen molar-refractivity contribution >= 4 is 33.7 Å². The van der Waals surface area contributed by atoms with Gasteiger partial charge in [-0.3, -0.25) is 19.3 Å². The molecule has 0 aliphatic rings. The number of nitrogens with zero attached hydrogens (tertiary/aromatic N) is 8. The van der Waals surface area contributed by atoms with Crippen LogP contribution >= 0.6 is 0 Å². The first kappa shape index (κ1) is 33.8. The maximum Gasteiger partial charge on any atom is 0.419 e. The van der Waals surface area contributed by atoms with Crippen LogP contribution in [0.3, 0.4) is 0 Å². The monoisotopic (exact) mass is 653 g/mol. The highest BCUT2D eigenvalue weighted by molar-refractivity contribution is 6.04. The number of imidazole rings is 1. The summed E-state index contributed by atoms with van der Waals surface area (Å²) in [5.41, 5.74) is 1.87. The van der Waals surface area contributed by atoms with E-state index in [-0.39, 0.29) is 11.2 Å². The van der Waals surface area contributed by atoms with E-state index in [1.54, 1.807) is 72.8 Å². The van der Waals surface area contributed by atoms with Crippen molar-refractivity contribution in [3.63, 3.8) is 0 Å². The van der Waals surface area contributed by atoms with E-state index in [0.29, 0.717) is 51.7 Å². The zero-order valence-electron chi connectivity index (χ0n) is 27.2. The molecular formula is C35H34F3N9O. The summed E-state index contributed by atoms with van der Waals surface area (Å²) in [7, 11) is 1.73. The van der Waals surface area contributed by atoms with Gasteiger partial charge in [0, 0.05) is 30.1 Å². The third kappa shape index (κ3) is 6.36. The lowest BCUT2D eigenvalue weighted by molar-refractivity contribution is -0.137. The minimum atomic E-state index is -4.78. The van der Waals surface area contributed by atoms with Crippen molar-refractivity contribution < 1.29 is 18.0 Å². The molecule has 0 fully saturated rings. The second-order valence-corrected chi connectivity index (χ2v) is 12.2. The molecule has 1 amide bonds. The topological polar surface area (TPSA) is 138 Å². The molecule has 0 saturated heterocycles. The number of carbonyl (C=O) groups excluding carboxylic acids is 1. The van der Waals surface area contributed by atoms with Gasteiger partial charge >= 0.3 is 6.18 Å². The van der Waals surface area contributed by atoms with Crippen LogP contribution in [0.5, 0.6) is 0 Å². The Morgan fingerprint density at radius 1 is 0.979 bits per heavy atom. The number of rotatable bonds is 9. The summed E-state index contributed by atoms with van der Waals surface area (Å²) in [6.07, 6.45) is 4.19. The van der Waals surface area contributed by atoms with Crippen molar-refractivity contribution in [2.75, 3.05) is 5.32 Å². The van der Waals surface area contributed by atoms with E-state index in [1.807, 2.05) is 20.0 Å². The van der Waals surface area contributed by atoms with E-state index in [1.165, 1.54) is 6.20 Å². The molecule has 0 atom stereocenters. The lowest BCUT2D eigenvalue weighted by Gasteiger charge is -2.18. The first-order valence-corrected chi connectivity index (χ1v) is 15.5. The smallest absolute Gasteiger partial charge is 0.311 e. The van der Waals surface area contributed by atoms with Crippen LogP contribution in [0.1, 0.15) is 64.6 Å². The van der Waals surface area contributed by atoms with Crippen molar-refractivity contribution in [1.29, 1.82) is 10.5 Å². The third-order valence-electron chi connectivity index (χ3n) is 8.39. The van der Waals surface area contributed by atoms with E-state index in [9.17, 15) is 28.5 Å². The third-order valence-corrected chi connectivity index (χ3v) is 8.39. The highest BCUT2D eigenvalue weighted by atomic mass is 19.4. The number of benzene rings is 1. The number of hydrogen-bond donors (Lipinski definition) is 1. The van der Waals surface area contributed by atoms with Gasteiger partial charge in [0.25, 0.3) is 0 Å². The quantitative estimate of drug-likeness (QED) is 0.165. The lowest BCUT2D eigenvalue weighted by atomic mass is 9.91. The molecule has 0 bridgehead atoms. The summed E-state index contributed by atoms with van der Waals surface area (Å²) in [5.74, 6) is -1.41. The van der Waals surface area contributed by atoms with E-state index < -0.39 is 34.8 Å². The number of fused-ring (bicyclic) bond motifs is 3. The van der Waals surface area contributed by atoms with Gasteiger partial charge in [-0.05, 0) is 62.6 Å². The van der Waals surface area contributed by atoms with Gasteiger partial charge in [-0.2, -0.15) is 23.7 Å². The van der Waals surface area contributed by atoms with Crippen molar-refractivity contribution in [2.24, 2.45) is 18.0 Å². The van der Waals surface area contributed by atoms with Gasteiger partial charge in [-0.1, -0.05) is 32.8 Å². The Morgan fingerprint density at radius 2 is 1.71 bits per heavy atom. The van der Waals surface area contributed by atoms with E-state index in [2.05, 4.69) is 31.3 Å². The number of pyridine rings is 3. The molecular weight excluding hydrogens is 619 g/mol. The van der Waals surface area contributed by atoms with Gasteiger partial charge in [-0.15, -0.1) is 4.99 Å². The van der Waals surface area contributed by atoms with Gasteiger partial charge in [0.05, 0.1) is 57.4 Å². The highest BCUT2D eigenvalue weighted by Crippen LogP contribution is 2.38. The molecule has 1 N–H and O–H groups in total. The molecule has 5 rings (SSSR count). The number of hydrogen-bond acceptors (Lipinski definition) is 7. The molecule has 0 radical (unpaired) electrons. The number of aryl methyl sites for hydroxylation is 1. The Balaban J connectivity index is 1.69. The van der Waals surface area contributed by atoms with Gasteiger partial charge in [0.15, 0.2) is 0 Å². The summed E-state index contributed by atoms with van der Waals surface area (Å²) >= 11 is 0. The van der Waals surface area contributed by atoms with Crippen molar-refractivity contribution in [1.82, 2.24) is 24.1 Å². The molecule has 0 saturated carbocycles. The second kappa shape index (κ2) is 13.3. The second-order valence-electron chi connectivity index (χ2n) is 12.2. The maximum absolute atomic E-state index is 14.4. The molecule has 13 heteroatoms. The highest BCUT2D eigenvalue weighted by Gasteiger charge is 2.36. The van der Waals surface area contributed by atoms with Crippen molar-refractivity contribution in [2.45, 2.75) is 65.0 Å². The molecule has 4 aromatic heterocycles.